The van der Waals surface area contributed by atoms with Crippen LogP contribution in [0.25, 0.3) is 0 Å². The second-order valence-corrected chi connectivity index (χ2v) is 3.20. The molecule has 17 heavy (non-hydrogen) atoms. The molecule has 0 radical (unpaired) electrons. The Bertz CT molecular complexity index is 387. The molecule has 0 amide bonds. The van der Waals surface area contributed by atoms with Gasteiger partial charge in [-0.1, -0.05) is 0 Å². The fourth-order valence-electron chi connectivity index (χ4n) is 1.32. The number of nitrogens with one attached hydrogen (secondary N) is 1. The van der Waals surface area contributed by atoms with E-state index in [9.17, 15) is 8.78 Å². The minimum absolute atomic E-state index is 0.0245. The van der Waals surface area contributed by atoms with E-state index < -0.39 is 13.0 Å². The maximum atomic E-state index is 12.4. The molecule has 0 saturated carbocycles. The Morgan fingerprint density at radius 1 is 1.47 bits per heavy atom. The van der Waals surface area contributed by atoms with E-state index in [1.165, 1.54) is 12.4 Å². The van der Waals surface area contributed by atoms with Gasteiger partial charge in [0, 0.05) is 18.9 Å². The van der Waals surface area contributed by atoms with Gasteiger partial charge in [0.25, 0.3) is 6.43 Å². The van der Waals surface area contributed by atoms with E-state index in [4.69, 9.17) is 16.2 Å². The molecule has 8 heteroatoms. The van der Waals surface area contributed by atoms with Crippen molar-refractivity contribution < 1.29 is 13.9 Å². The summed E-state index contributed by atoms with van der Waals surface area (Å²) in [4.78, 5) is 8.83. The van der Waals surface area contributed by atoms with Gasteiger partial charge in [0.15, 0.2) is 5.82 Å². The Balaban J connectivity index is 3.04. The van der Waals surface area contributed by atoms with E-state index in [-0.39, 0.29) is 30.5 Å². The molecule has 1 aromatic rings. The molecule has 1 heterocycles. The lowest BCUT2D eigenvalue weighted by Crippen LogP contribution is -2.34. The average molecular weight is 245 g/mol. The average Bonchev–Trinajstić information content (AvgIpc) is 2.28. The molecule has 0 saturated heterocycles. The Labute approximate surface area is 96.6 Å². The first-order chi connectivity index (χ1) is 8.06. The minimum Gasteiger partial charge on any atom is -0.395 e. The quantitative estimate of drug-likeness (QED) is 0.477. The van der Waals surface area contributed by atoms with E-state index in [0.29, 0.717) is 0 Å². The molecule has 0 spiro atoms. The third-order valence-corrected chi connectivity index (χ3v) is 1.96. The predicted octanol–water partition coefficient (Wildman–Crippen LogP) is -0.176. The number of aliphatic hydroxyl groups excluding tert-OH is 1. The fraction of sp³-hybridized carbons (Fsp3) is 0.444. The molecule has 0 atom stereocenters. The van der Waals surface area contributed by atoms with Crippen molar-refractivity contribution in [3.63, 3.8) is 0 Å². The van der Waals surface area contributed by atoms with Gasteiger partial charge in [0.2, 0.25) is 0 Å². The maximum absolute atomic E-state index is 12.4. The molecule has 0 fully saturated rings. The van der Waals surface area contributed by atoms with Crippen LogP contribution in [-0.4, -0.2) is 47.0 Å². The lowest BCUT2D eigenvalue weighted by Gasteiger charge is -2.23. The third kappa shape index (κ3) is 3.59. The number of hydrogen-bond acceptors (Lipinski definition) is 5. The topological polar surface area (TPSA) is 99.1 Å². The summed E-state index contributed by atoms with van der Waals surface area (Å²) in [6.45, 7) is -0.927. The molecule has 0 bridgehead atoms. The fourth-order valence-corrected chi connectivity index (χ4v) is 1.32. The number of alkyl halides is 2. The Morgan fingerprint density at radius 3 is 2.65 bits per heavy atom. The molecule has 0 aliphatic heterocycles. The number of hydrogen-bond donors (Lipinski definition) is 3. The minimum atomic E-state index is -2.58. The zero-order chi connectivity index (χ0) is 12.8. The van der Waals surface area contributed by atoms with E-state index in [2.05, 4.69) is 9.97 Å². The van der Waals surface area contributed by atoms with Crippen LogP contribution in [0.15, 0.2) is 12.4 Å². The zero-order valence-corrected chi connectivity index (χ0v) is 8.98. The first-order valence-electron chi connectivity index (χ1n) is 4.85. The van der Waals surface area contributed by atoms with Gasteiger partial charge < -0.3 is 15.7 Å². The Hall–Kier alpha value is -1.83. The molecular weight excluding hydrogens is 232 g/mol. The number of nitrogen functional groups attached to an aromatic ring is 1. The van der Waals surface area contributed by atoms with Crippen LogP contribution in [-0.2, 0) is 0 Å². The van der Waals surface area contributed by atoms with Crippen molar-refractivity contribution in [3.8, 4) is 0 Å². The molecule has 1 rings (SSSR count). The Kier molecular flexibility index (Phi) is 4.70. The van der Waals surface area contributed by atoms with Crippen LogP contribution in [0.5, 0.6) is 0 Å². The summed E-state index contributed by atoms with van der Waals surface area (Å²) in [5, 5.41) is 16.1. The molecule has 0 unspecified atom stereocenters. The van der Waals surface area contributed by atoms with E-state index in [1.807, 2.05) is 0 Å². The maximum Gasteiger partial charge on any atom is 0.255 e. The molecule has 0 aromatic carbocycles. The lowest BCUT2D eigenvalue weighted by atomic mass is 10.3. The molecule has 0 aliphatic rings. The van der Waals surface area contributed by atoms with Gasteiger partial charge in [0.05, 0.1) is 13.2 Å². The summed E-state index contributed by atoms with van der Waals surface area (Å²) in [6.07, 6.45) is 0.0560. The van der Waals surface area contributed by atoms with Crippen LogP contribution < -0.4 is 10.6 Å². The van der Waals surface area contributed by atoms with E-state index in [0.717, 1.165) is 4.90 Å². The first kappa shape index (κ1) is 13.2. The number of aromatic nitrogens is 2. The van der Waals surface area contributed by atoms with Crippen LogP contribution in [0.3, 0.4) is 0 Å². The van der Waals surface area contributed by atoms with Gasteiger partial charge in [0.1, 0.15) is 11.5 Å². The summed E-state index contributed by atoms with van der Waals surface area (Å²) in [6, 6.07) is 0. The number of nitrogens with zero attached hydrogens (tertiary/aromatic N) is 3. The first-order valence-corrected chi connectivity index (χ1v) is 4.85. The summed E-state index contributed by atoms with van der Waals surface area (Å²) in [7, 11) is 0. The lowest BCUT2D eigenvalue weighted by molar-refractivity contribution is 0.152. The van der Waals surface area contributed by atoms with Crippen LogP contribution >= 0.6 is 0 Å². The molecule has 4 N–H and O–H groups in total. The number of rotatable bonds is 6. The van der Waals surface area contributed by atoms with Crippen LogP contribution in [0.2, 0.25) is 0 Å². The van der Waals surface area contributed by atoms with Crippen molar-refractivity contribution in [2.45, 2.75) is 6.43 Å². The standard InChI is InChI=1S/C9H13F2N5O/c10-6(11)5-16(3-4-17)9-7(8(12)13)14-1-2-15-9/h1-2,6,17H,3-5H2,(H3,12,13). The SMILES string of the molecule is N=C(N)c1nccnc1N(CCO)CC(F)F. The van der Waals surface area contributed by atoms with E-state index in [1.54, 1.807) is 0 Å². The molecular formula is C9H13F2N5O. The molecule has 94 valence electrons. The molecule has 1 aromatic heterocycles. The summed E-state index contributed by atoms with van der Waals surface area (Å²) < 4.78 is 24.7. The van der Waals surface area contributed by atoms with Crippen LogP contribution in [0.4, 0.5) is 14.6 Å². The van der Waals surface area contributed by atoms with Crippen molar-refractivity contribution in [2.24, 2.45) is 5.73 Å². The highest BCUT2D eigenvalue weighted by Crippen LogP contribution is 2.15. The molecule has 6 nitrogen and oxygen atoms in total. The number of aliphatic hydroxyl groups is 1. The van der Waals surface area contributed by atoms with Crippen molar-refractivity contribution in [1.29, 1.82) is 5.41 Å². The van der Waals surface area contributed by atoms with Crippen molar-refractivity contribution >= 4 is 11.7 Å². The smallest absolute Gasteiger partial charge is 0.255 e. The van der Waals surface area contributed by atoms with Crippen LogP contribution in [0.1, 0.15) is 5.69 Å². The van der Waals surface area contributed by atoms with Gasteiger partial charge in [-0.05, 0) is 0 Å². The van der Waals surface area contributed by atoms with Crippen molar-refractivity contribution in [1.82, 2.24) is 9.97 Å². The molecule has 0 aliphatic carbocycles. The highest BCUT2D eigenvalue weighted by Gasteiger charge is 2.18. The predicted molar refractivity (Wildman–Crippen MR) is 58.4 cm³/mol. The van der Waals surface area contributed by atoms with E-state index >= 15 is 0 Å². The van der Waals surface area contributed by atoms with Crippen molar-refractivity contribution in [3.05, 3.63) is 18.1 Å². The summed E-state index contributed by atoms with van der Waals surface area (Å²) in [5.74, 6) is -0.278. The summed E-state index contributed by atoms with van der Waals surface area (Å²) in [5.41, 5.74) is 5.31. The highest BCUT2D eigenvalue weighted by molar-refractivity contribution is 5.97. The number of amidine groups is 1. The highest BCUT2D eigenvalue weighted by atomic mass is 19.3. The third-order valence-electron chi connectivity index (χ3n) is 1.96. The van der Waals surface area contributed by atoms with Crippen molar-refractivity contribution in [2.75, 3.05) is 24.6 Å². The second-order valence-electron chi connectivity index (χ2n) is 3.20. The number of nitrogens with two attached hydrogens (primary N) is 1. The zero-order valence-electron chi connectivity index (χ0n) is 8.98. The summed E-state index contributed by atoms with van der Waals surface area (Å²) >= 11 is 0. The largest absolute Gasteiger partial charge is 0.395 e. The van der Waals surface area contributed by atoms with Gasteiger partial charge in [-0.25, -0.2) is 18.7 Å². The normalized spacial score (nSPS) is 10.6. The van der Waals surface area contributed by atoms with Gasteiger partial charge >= 0.3 is 0 Å². The van der Waals surface area contributed by atoms with Gasteiger partial charge in [-0.3, -0.25) is 5.41 Å². The van der Waals surface area contributed by atoms with Gasteiger partial charge in [-0.15, -0.1) is 0 Å². The Morgan fingerprint density at radius 2 is 2.12 bits per heavy atom. The van der Waals surface area contributed by atoms with Crippen LogP contribution in [0, 0.1) is 5.41 Å². The number of anilines is 1. The van der Waals surface area contributed by atoms with Gasteiger partial charge in [-0.2, -0.15) is 0 Å². The number of halogens is 2. The second kappa shape index (κ2) is 6.04. The monoisotopic (exact) mass is 245 g/mol.